The van der Waals surface area contributed by atoms with Crippen molar-refractivity contribution in [2.75, 3.05) is 7.11 Å². The molecule has 0 aliphatic heterocycles. The van der Waals surface area contributed by atoms with Gasteiger partial charge in [0.05, 0.1) is 18.2 Å². The number of aromatic nitrogens is 1. The maximum atomic E-state index is 5.68. The molecule has 2 aromatic rings. The number of hydrogen-bond donors (Lipinski definition) is 2. The number of halogens is 1. The van der Waals surface area contributed by atoms with E-state index >= 15 is 0 Å². The number of hydrogen-bond acceptors (Lipinski definition) is 5. The quantitative estimate of drug-likeness (QED) is 0.648. The molecule has 3 N–H and O–H groups in total. The van der Waals surface area contributed by atoms with Crippen LogP contribution in [-0.2, 0) is 6.42 Å². The van der Waals surface area contributed by atoms with Crippen LogP contribution in [0.4, 0.5) is 0 Å². The van der Waals surface area contributed by atoms with E-state index in [-0.39, 0.29) is 6.04 Å². The van der Waals surface area contributed by atoms with Gasteiger partial charge in [-0.25, -0.2) is 4.98 Å². The minimum atomic E-state index is -0.0198. The van der Waals surface area contributed by atoms with Gasteiger partial charge in [-0.15, -0.1) is 11.3 Å². The Balaban J connectivity index is 2.26. The van der Waals surface area contributed by atoms with E-state index in [1.807, 2.05) is 30.5 Å². The fraction of sp³-hybridized carbons (Fsp3) is 0.308. The van der Waals surface area contributed by atoms with Crippen LogP contribution in [0.5, 0.6) is 5.75 Å². The van der Waals surface area contributed by atoms with Gasteiger partial charge in [0.15, 0.2) is 0 Å². The van der Waals surface area contributed by atoms with Crippen LogP contribution in [-0.4, -0.2) is 12.1 Å². The summed E-state index contributed by atoms with van der Waals surface area (Å²) in [6.07, 6.45) is 0.743. The maximum absolute atomic E-state index is 5.68. The fourth-order valence-corrected chi connectivity index (χ4v) is 3.06. The third kappa shape index (κ3) is 3.54. The van der Waals surface area contributed by atoms with Gasteiger partial charge >= 0.3 is 0 Å². The lowest BCUT2D eigenvalue weighted by Crippen LogP contribution is -2.29. The van der Waals surface area contributed by atoms with Gasteiger partial charge in [-0.2, -0.15) is 0 Å². The molecule has 0 bridgehead atoms. The number of thiazole rings is 1. The Morgan fingerprint density at radius 2 is 2.32 bits per heavy atom. The van der Waals surface area contributed by atoms with E-state index < -0.39 is 0 Å². The minimum absolute atomic E-state index is 0.0198. The summed E-state index contributed by atoms with van der Waals surface area (Å²) >= 11 is 5.08. The predicted octanol–water partition coefficient (Wildman–Crippen LogP) is 2.97. The van der Waals surface area contributed by atoms with Crippen molar-refractivity contribution < 1.29 is 4.74 Å². The number of rotatable bonds is 5. The summed E-state index contributed by atoms with van der Waals surface area (Å²) in [6.45, 7) is 1.99. The van der Waals surface area contributed by atoms with Crippen LogP contribution in [0.1, 0.15) is 22.3 Å². The molecule has 1 heterocycles. The highest BCUT2D eigenvalue weighted by atomic mass is 79.9. The van der Waals surface area contributed by atoms with Crippen molar-refractivity contribution in [3.8, 4) is 5.75 Å². The molecule has 2 rings (SSSR count). The normalized spacial score (nSPS) is 12.4. The van der Waals surface area contributed by atoms with Crippen molar-refractivity contribution in [3.05, 3.63) is 44.3 Å². The Labute approximate surface area is 125 Å². The molecule has 0 radical (unpaired) electrons. The lowest BCUT2D eigenvalue weighted by molar-refractivity contribution is 0.398. The highest BCUT2D eigenvalue weighted by Crippen LogP contribution is 2.30. The third-order valence-corrected chi connectivity index (χ3v) is 4.30. The van der Waals surface area contributed by atoms with Crippen molar-refractivity contribution >= 4 is 27.3 Å². The van der Waals surface area contributed by atoms with E-state index in [9.17, 15) is 0 Å². The topological polar surface area (TPSA) is 60.2 Å². The summed E-state index contributed by atoms with van der Waals surface area (Å²) < 4.78 is 6.39. The average molecular weight is 342 g/mol. The highest BCUT2D eigenvalue weighted by molar-refractivity contribution is 9.10. The van der Waals surface area contributed by atoms with E-state index in [0.717, 1.165) is 32.9 Å². The third-order valence-electron chi connectivity index (χ3n) is 2.82. The number of benzene rings is 1. The smallest absolute Gasteiger partial charge is 0.124 e. The molecule has 4 nitrogen and oxygen atoms in total. The molecule has 102 valence electrons. The SMILES string of the molecule is COc1cc(Br)ccc1C(Cc1nc(C)cs1)NN. The zero-order valence-electron chi connectivity index (χ0n) is 10.8. The zero-order valence-corrected chi connectivity index (χ0v) is 13.2. The Morgan fingerprint density at radius 3 is 2.89 bits per heavy atom. The second-order valence-electron chi connectivity index (χ2n) is 4.19. The first-order valence-corrected chi connectivity index (χ1v) is 7.52. The number of nitrogens with two attached hydrogens (primary N) is 1. The first-order chi connectivity index (χ1) is 9.13. The van der Waals surface area contributed by atoms with Gasteiger partial charge in [0, 0.05) is 27.5 Å². The highest BCUT2D eigenvalue weighted by Gasteiger charge is 2.17. The van der Waals surface area contributed by atoms with Crippen molar-refractivity contribution in [2.24, 2.45) is 5.84 Å². The number of hydrazine groups is 1. The fourth-order valence-electron chi connectivity index (χ4n) is 1.90. The van der Waals surface area contributed by atoms with Gasteiger partial charge in [0.1, 0.15) is 5.75 Å². The Hall–Kier alpha value is -0.950. The van der Waals surface area contributed by atoms with Crippen molar-refractivity contribution in [2.45, 2.75) is 19.4 Å². The van der Waals surface area contributed by atoms with Crippen LogP contribution in [0.15, 0.2) is 28.1 Å². The molecule has 0 saturated carbocycles. The minimum Gasteiger partial charge on any atom is -0.496 e. The van der Waals surface area contributed by atoms with Crippen molar-refractivity contribution in [1.82, 2.24) is 10.4 Å². The van der Waals surface area contributed by atoms with Gasteiger partial charge in [-0.3, -0.25) is 11.3 Å². The van der Waals surface area contributed by atoms with Crippen LogP contribution >= 0.6 is 27.3 Å². The molecule has 0 saturated heterocycles. The molecule has 1 atom stereocenters. The number of nitrogens with one attached hydrogen (secondary N) is 1. The van der Waals surface area contributed by atoms with E-state index in [4.69, 9.17) is 10.6 Å². The van der Waals surface area contributed by atoms with E-state index in [2.05, 4.69) is 26.3 Å². The number of methoxy groups -OCH3 is 1. The van der Waals surface area contributed by atoms with E-state index in [0.29, 0.717) is 0 Å². The van der Waals surface area contributed by atoms with Crippen LogP contribution < -0.4 is 16.0 Å². The number of ether oxygens (including phenoxy) is 1. The molecule has 0 amide bonds. The molecule has 1 unspecified atom stereocenters. The number of aryl methyl sites for hydroxylation is 1. The van der Waals surface area contributed by atoms with E-state index in [1.165, 1.54) is 0 Å². The van der Waals surface area contributed by atoms with Gasteiger partial charge in [-0.05, 0) is 19.1 Å². The monoisotopic (exact) mass is 341 g/mol. The van der Waals surface area contributed by atoms with Crippen molar-refractivity contribution in [1.29, 1.82) is 0 Å². The summed E-state index contributed by atoms with van der Waals surface area (Å²) in [5, 5.41) is 3.10. The van der Waals surface area contributed by atoms with Crippen LogP contribution in [0.25, 0.3) is 0 Å². The van der Waals surface area contributed by atoms with Crippen LogP contribution in [0.2, 0.25) is 0 Å². The Bertz CT molecular complexity index is 559. The predicted molar refractivity (Wildman–Crippen MR) is 81.3 cm³/mol. The summed E-state index contributed by atoms with van der Waals surface area (Å²) in [5.41, 5.74) is 4.91. The van der Waals surface area contributed by atoms with Gasteiger partial charge in [-0.1, -0.05) is 22.0 Å². The number of nitrogens with zero attached hydrogens (tertiary/aromatic N) is 1. The summed E-state index contributed by atoms with van der Waals surface area (Å²) in [7, 11) is 1.66. The van der Waals surface area contributed by atoms with Gasteiger partial charge in [0.2, 0.25) is 0 Å². The molecular formula is C13H16BrN3OS. The Morgan fingerprint density at radius 1 is 1.53 bits per heavy atom. The molecule has 1 aromatic carbocycles. The van der Waals surface area contributed by atoms with Crippen LogP contribution in [0.3, 0.4) is 0 Å². The molecule has 0 spiro atoms. The standard InChI is InChI=1S/C13H16BrN3OS/c1-8-7-19-13(16-8)6-11(17-15)10-4-3-9(14)5-12(10)18-2/h3-5,7,11,17H,6,15H2,1-2H3. The summed E-state index contributed by atoms with van der Waals surface area (Å²) in [4.78, 5) is 4.47. The van der Waals surface area contributed by atoms with Gasteiger partial charge in [0.25, 0.3) is 0 Å². The first kappa shape index (κ1) is 14.5. The average Bonchev–Trinajstić information content (AvgIpc) is 2.81. The van der Waals surface area contributed by atoms with Gasteiger partial charge < -0.3 is 4.74 Å². The van der Waals surface area contributed by atoms with E-state index in [1.54, 1.807) is 18.4 Å². The summed E-state index contributed by atoms with van der Waals surface area (Å²) in [6, 6.07) is 5.91. The first-order valence-electron chi connectivity index (χ1n) is 5.84. The zero-order chi connectivity index (χ0) is 13.8. The van der Waals surface area contributed by atoms with Crippen LogP contribution in [0, 0.1) is 6.92 Å². The maximum Gasteiger partial charge on any atom is 0.124 e. The molecule has 0 aliphatic rings. The largest absolute Gasteiger partial charge is 0.496 e. The lowest BCUT2D eigenvalue weighted by atomic mass is 10.0. The molecule has 0 aliphatic carbocycles. The second-order valence-corrected chi connectivity index (χ2v) is 6.05. The summed E-state index contributed by atoms with van der Waals surface area (Å²) in [5.74, 6) is 6.49. The molecule has 19 heavy (non-hydrogen) atoms. The van der Waals surface area contributed by atoms with Crippen molar-refractivity contribution in [3.63, 3.8) is 0 Å². The molecule has 6 heteroatoms. The molecule has 1 aromatic heterocycles. The Kier molecular flexibility index (Phi) is 4.93. The lowest BCUT2D eigenvalue weighted by Gasteiger charge is -2.18. The molecule has 0 fully saturated rings. The second kappa shape index (κ2) is 6.47. The molecular weight excluding hydrogens is 326 g/mol.